The molecule has 0 N–H and O–H groups in total. The van der Waals surface area contributed by atoms with Crippen molar-refractivity contribution in [2.45, 2.75) is 6.92 Å². The predicted octanol–water partition coefficient (Wildman–Crippen LogP) is 2.01. The summed E-state index contributed by atoms with van der Waals surface area (Å²) < 4.78 is 7.44. The molecule has 4 heteroatoms. The van der Waals surface area contributed by atoms with Gasteiger partial charge < -0.3 is 0 Å². The number of aromatic nitrogens is 2. The summed E-state index contributed by atoms with van der Waals surface area (Å²) in [6.07, 6.45) is 1.92. The van der Waals surface area contributed by atoms with Crippen LogP contribution in [0.4, 0.5) is 0 Å². The van der Waals surface area contributed by atoms with Crippen molar-refractivity contribution in [3.8, 4) is 0 Å². The molecule has 1 aromatic heterocycles. The summed E-state index contributed by atoms with van der Waals surface area (Å²) in [5, 5.41) is 0. The Balaban J connectivity index is 2.84. The fraction of sp³-hybridized carbons (Fsp3) is 0.111. The van der Waals surface area contributed by atoms with E-state index in [1.807, 2.05) is 6.33 Å². The third-order valence-corrected chi connectivity index (χ3v) is 6.04. The molecule has 0 bridgehead atoms. The third kappa shape index (κ3) is 1.63. The Morgan fingerprint density at radius 1 is 1.54 bits per heavy atom. The maximum absolute atomic E-state index is 4.35. The molecule has 0 aliphatic carbocycles. The normalized spacial score (nSPS) is 10.3. The molecular formula is C9H8BrN2Tl. The number of fused-ring (bicyclic) bond motifs is 1. The standard InChI is InChI=1S/C8H6BrN2.CH2.Tl/c1-5-2-7-8(3-6(5)9)11-4-10-7;;/h2-4H,1H3;1H2;/q-1;;+1. The van der Waals surface area contributed by atoms with E-state index in [1.54, 1.807) is 0 Å². The Labute approximate surface area is 97.2 Å². The van der Waals surface area contributed by atoms with E-state index in [1.165, 1.54) is 11.1 Å². The molecule has 0 aliphatic heterocycles. The van der Waals surface area contributed by atoms with Gasteiger partial charge >= 0.3 is 97.9 Å². The van der Waals surface area contributed by atoms with Crippen LogP contribution in [0.25, 0.3) is 11.0 Å². The summed E-state index contributed by atoms with van der Waals surface area (Å²) in [4.78, 5) is 4.35. The van der Waals surface area contributed by atoms with E-state index in [4.69, 9.17) is 0 Å². The van der Waals surface area contributed by atoms with Gasteiger partial charge in [0.1, 0.15) is 0 Å². The number of hydrogen-bond donors (Lipinski definition) is 0. The third-order valence-electron chi connectivity index (χ3n) is 2.05. The van der Waals surface area contributed by atoms with Crippen LogP contribution in [-0.2, 0) is 0 Å². The zero-order chi connectivity index (χ0) is 9.42. The summed E-state index contributed by atoms with van der Waals surface area (Å²) >= 11 is 2.52. The Morgan fingerprint density at radius 2 is 2.31 bits per heavy atom. The predicted molar refractivity (Wildman–Crippen MR) is 60.4 cm³/mol. The van der Waals surface area contributed by atoms with Crippen molar-refractivity contribution in [1.29, 1.82) is 0 Å². The molecule has 0 unspecified atom stereocenters. The van der Waals surface area contributed by atoms with Crippen LogP contribution in [0.15, 0.2) is 22.9 Å². The second-order valence-electron chi connectivity index (χ2n) is 2.92. The number of aryl methyl sites for hydroxylation is 1. The van der Waals surface area contributed by atoms with E-state index in [9.17, 15) is 0 Å². The second kappa shape index (κ2) is 3.61. The number of benzene rings is 1. The summed E-state index contributed by atoms with van der Waals surface area (Å²) in [7, 11) is 0. The van der Waals surface area contributed by atoms with Gasteiger partial charge in [-0.25, -0.2) is 0 Å². The topological polar surface area (TPSA) is 17.8 Å². The molecule has 0 spiro atoms. The Kier molecular flexibility index (Phi) is 2.64. The quantitative estimate of drug-likeness (QED) is 0.636. The Hall–Kier alpha value is -0.0379. The van der Waals surface area contributed by atoms with Crippen molar-refractivity contribution in [2.24, 2.45) is 0 Å². The molecule has 0 amide bonds. The molecule has 0 aliphatic rings. The van der Waals surface area contributed by atoms with E-state index in [2.05, 4.69) is 46.4 Å². The van der Waals surface area contributed by atoms with Crippen LogP contribution in [0.2, 0.25) is 0 Å². The molecule has 2 rings (SSSR count). The Bertz CT molecular complexity index is 476. The molecule has 1 heterocycles. The van der Waals surface area contributed by atoms with Crippen molar-refractivity contribution in [3.63, 3.8) is 0 Å². The molecule has 13 heavy (non-hydrogen) atoms. The minimum absolute atomic E-state index is 1.01. The van der Waals surface area contributed by atoms with Gasteiger partial charge in [-0.3, -0.25) is 0 Å². The molecular weight excluding hydrogens is 420 g/mol. The van der Waals surface area contributed by atoms with Crippen molar-refractivity contribution in [2.75, 3.05) is 0 Å². The monoisotopic (exact) mass is 428 g/mol. The van der Waals surface area contributed by atoms with Crippen LogP contribution in [0.5, 0.6) is 0 Å². The summed E-state index contributed by atoms with van der Waals surface area (Å²) in [6, 6.07) is 4.25. The van der Waals surface area contributed by atoms with Gasteiger partial charge in [0.15, 0.2) is 0 Å². The van der Waals surface area contributed by atoms with Gasteiger partial charge in [-0.2, -0.15) is 0 Å². The van der Waals surface area contributed by atoms with Crippen LogP contribution in [-0.4, -0.2) is 35.5 Å². The van der Waals surface area contributed by atoms with Gasteiger partial charge in [-0.05, 0) is 0 Å². The molecule has 2 aromatic rings. The second-order valence-corrected chi connectivity index (χ2v) is 7.36. The van der Waals surface area contributed by atoms with Crippen LogP contribution < -0.4 is 0 Å². The van der Waals surface area contributed by atoms with Crippen LogP contribution >= 0.6 is 15.9 Å². The van der Waals surface area contributed by atoms with Gasteiger partial charge in [-0.15, -0.1) is 0 Å². The van der Waals surface area contributed by atoms with Gasteiger partial charge in [0.05, 0.1) is 0 Å². The number of imidazole rings is 1. The molecule has 2 nitrogen and oxygen atoms in total. The average Bonchev–Trinajstić information content (AvgIpc) is 2.48. The molecule has 0 saturated carbocycles. The van der Waals surface area contributed by atoms with Gasteiger partial charge in [-0.1, -0.05) is 0 Å². The number of hydrogen-bond acceptors (Lipinski definition) is 1. The fourth-order valence-electron chi connectivity index (χ4n) is 1.30. The van der Waals surface area contributed by atoms with Gasteiger partial charge in [0.25, 0.3) is 0 Å². The van der Waals surface area contributed by atoms with Gasteiger partial charge in [0.2, 0.25) is 0 Å². The number of halogens is 1. The fourth-order valence-corrected chi connectivity index (χ4v) is 3.82. The number of rotatable bonds is 1. The van der Waals surface area contributed by atoms with Crippen molar-refractivity contribution in [1.82, 2.24) is 7.36 Å². The zero-order valence-corrected chi connectivity index (χ0v) is 13.4. The molecule has 0 radical (unpaired) electrons. The Morgan fingerprint density at radius 3 is 3.00 bits per heavy atom. The van der Waals surface area contributed by atoms with Gasteiger partial charge in [0, 0.05) is 0 Å². The van der Waals surface area contributed by atoms with E-state index in [-0.39, 0.29) is 0 Å². The molecule has 1 aromatic carbocycles. The van der Waals surface area contributed by atoms with E-state index < -0.39 is 24.0 Å². The molecule has 64 valence electrons. The van der Waals surface area contributed by atoms with Crippen molar-refractivity contribution in [3.05, 3.63) is 28.5 Å². The van der Waals surface area contributed by atoms with Crippen LogP contribution in [0.3, 0.4) is 0 Å². The van der Waals surface area contributed by atoms with E-state index >= 15 is 0 Å². The first kappa shape index (κ1) is 9.51. The zero-order valence-electron chi connectivity index (χ0n) is 7.29. The summed E-state index contributed by atoms with van der Waals surface area (Å²) in [5.74, 6) is 0. The van der Waals surface area contributed by atoms with E-state index in [0.717, 1.165) is 9.99 Å². The van der Waals surface area contributed by atoms with E-state index in [0.29, 0.717) is 0 Å². The summed E-state index contributed by atoms with van der Waals surface area (Å²) in [6.45, 7) is 2.08. The SMILES string of the molecule is [CH2]=[Tl][n]1cnc2cc(C)c(Br)cc21. The first-order chi connectivity index (χ1) is 6.22. The molecule has 0 atom stereocenters. The minimum atomic E-state index is -1.01. The summed E-state index contributed by atoms with van der Waals surface area (Å²) in [5.41, 5.74) is 3.54. The van der Waals surface area contributed by atoms with Crippen molar-refractivity contribution >= 4 is 55.1 Å². The van der Waals surface area contributed by atoms with Crippen LogP contribution in [0, 0.1) is 6.92 Å². The molecule has 0 fully saturated rings. The first-order valence-electron chi connectivity index (χ1n) is 3.97. The van der Waals surface area contributed by atoms with Crippen molar-refractivity contribution < 1.29 is 0 Å². The number of nitrogens with zero attached hydrogens (tertiary/aromatic N) is 2. The van der Waals surface area contributed by atoms with Crippen LogP contribution in [0.1, 0.15) is 5.56 Å². The maximum atomic E-state index is 4.35. The first-order valence-corrected chi connectivity index (χ1v) is 9.95. The molecule has 0 saturated heterocycles. The average molecular weight is 428 g/mol.